The summed E-state index contributed by atoms with van der Waals surface area (Å²) >= 11 is 3.16. The minimum Gasteiger partial charge on any atom is -0.748 e. The van der Waals surface area contributed by atoms with Crippen LogP contribution in [0.5, 0.6) is 0 Å². The fourth-order valence-corrected chi connectivity index (χ4v) is 1.67. The number of carbonyl (C=O) groups excluding carboxylic acids is 1. The number of nitrogens with two attached hydrogens (primary N) is 1. The lowest BCUT2D eigenvalue weighted by Crippen LogP contribution is -2.15. The number of nitrogen functional groups attached to an aromatic ring is 1. The van der Waals surface area contributed by atoms with Gasteiger partial charge in [0, 0.05) is 10.2 Å². The highest BCUT2D eigenvalue weighted by atomic mass is 79.9. The largest absolute Gasteiger partial charge is 0.748 e. The minimum absolute atomic E-state index is 0.114. The molecule has 17 heavy (non-hydrogen) atoms. The molecule has 0 spiro atoms. The van der Waals surface area contributed by atoms with Gasteiger partial charge in [-0.1, -0.05) is 15.9 Å². The summed E-state index contributed by atoms with van der Waals surface area (Å²) in [5, 5.41) is 0. The van der Waals surface area contributed by atoms with Crippen LogP contribution in [-0.2, 0) is 14.9 Å². The summed E-state index contributed by atoms with van der Waals surface area (Å²) in [5.41, 5.74) is 5.87. The van der Waals surface area contributed by atoms with Crippen LogP contribution < -0.4 is 5.73 Å². The van der Waals surface area contributed by atoms with E-state index in [0.717, 1.165) is 0 Å². The van der Waals surface area contributed by atoms with Gasteiger partial charge in [0.2, 0.25) is 0 Å². The van der Waals surface area contributed by atoms with Crippen LogP contribution in [0.25, 0.3) is 0 Å². The molecule has 0 radical (unpaired) electrons. The number of carbonyl (C=O) groups is 1. The van der Waals surface area contributed by atoms with Crippen molar-refractivity contribution in [2.45, 2.75) is 0 Å². The Morgan fingerprint density at radius 2 is 2.12 bits per heavy atom. The molecule has 94 valence electrons. The molecule has 0 atom stereocenters. The first-order valence-electron chi connectivity index (χ1n) is 4.45. The zero-order chi connectivity index (χ0) is 13.1. The molecule has 1 rings (SSSR count). The normalized spacial score (nSPS) is 11.2. The van der Waals surface area contributed by atoms with Gasteiger partial charge in [0.1, 0.15) is 6.61 Å². The maximum atomic E-state index is 11.5. The molecule has 8 heteroatoms. The van der Waals surface area contributed by atoms with E-state index in [1.807, 2.05) is 0 Å². The van der Waals surface area contributed by atoms with Gasteiger partial charge in [-0.2, -0.15) is 0 Å². The van der Waals surface area contributed by atoms with E-state index in [-0.39, 0.29) is 11.3 Å². The Morgan fingerprint density at radius 3 is 2.71 bits per heavy atom. The van der Waals surface area contributed by atoms with Crippen molar-refractivity contribution in [2.24, 2.45) is 0 Å². The highest BCUT2D eigenvalue weighted by Gasteiger charge is 2.12. The predicted octanol–water partition coefficient (Wildman–Crippen LogP) is 0.733. The van der Waals surface area contributed by atoms with Gasteiger partial charge in [0.15, 0.2) is 0 Å². The molecule has 6 nitrogen and oxygen atoms in total. The zero-order valence-corrected chi connectivity index (χ0v) is 11.0. The number of ether oxygens (including phenoxy) is 1. The van der Waals surface area contributed by atoms with Crippen LogP contribution in [0.2, 0.25) is 0 Å². The molecule has 0 saturated carbocycles. The molecule has 0 aliphatic carbocycles. The van der Waals surface area contributed by atoms with Gasteiger partial charge in [0.25, 0.3) is 0 Å². The van der Waals surface area contributed by atoms with Crippen molar-refractivity contribution in [3.63, 3.8) is 0 Å². The van der Waals surface area contributed by atoms with E-state index in [1.54, 1.807) is 6.07 Å². The SMILES string of the molecule is Nc1ccc(Br)cc1C(=O)OCCS(=O)(=O)[O-]. The molecule has 1 aromatic carbocycles. The summed E-state index contributed by atoms with van der Waals surface area (Å²) in [4.78, 5) is 11.5. The summed E-state index contributed by atoms with van der Waals surface area (Å²) in [7, 11) is -4.39. The van der Waals surface area contributed by atoms with Crippen molar-refractivity contribution in [3.8, 4) is 0 Å². The highest BCUT2D eigenvalue weighted by molar-refractivity contribution is 9.10. The Kier molecular flexibility index (Phi) is 4.49. The van der Waals surface area contributed by atoms with Crippen molar-refractivity contribution in [3.05, 3.63) is 28.2 Å². The molecule has 0 aromatic heterocycles. The third kappa shape index (κ3) is 4.72. The van der Waals surface area contributed by atoms with Gasteiger partial charge in [-0.05, 0) is 18.2 Å². The lowest BCUT2D eigenvalue weighted by Gasteiger charge is -2.09. The van der Waals surface area contributed by atoms with E-state index in [1.165, 1.54) is 12.1 Å². The lowest BCUT2D eigenvalue weighted by atomic mass is 10.2. The predicted molar refractivity (Wildman–Crippen MR) is 63.4 cm³/mol. The first-order chi connectivity index (χ1) is 7.79. The first-order valence-corrected chi connectivity index (χ1v) is 6.82. The Hall–Kier alpha value is -1.12. The summed E-state index contributed by atoms with van der Waals surface area (Å²) in [6.07, 6.45) is 0. The number of hydrogen-bond acceptors (Lipinski definition) is 6. The topological polar surface area (TPSA) is 110 Å². The monoisotopic (exact) mass is 322 g/mol. The molecule has 1 aromatic rings. The molecular formula is C9H9BrNO5S-. The van der Waals surface area contributed by atoms with Crippen LogP contribution >= 0.6 is 15.9 Å². The van der Waals surface area contributed by atoms with Crippen molar-refractivity contribution in [1.82, 2.24) is 0 Å². The second-order valence-corrected chi connectivity index (χ2v) is 5.57. The molecule has 0 aliphatic heterocycles. The summed E-state index contributed by atoms with van der Waals surface area (Å²) in [6.45, 7) is -0.489. The van der Waals surface area contributed by atoms with E-state index in [9.17, 15) is 17.8 Å². The summed E-state index contributed by atoms with van der Waals surface area (Å²) in [5.74, 6) is -1.53. The van der Waals surface area contributed by atoms with Gasteiger partial charge < -0.3 is 15.0 Å². The van der Waals surface area contributed by atoms with Gasteiger partial charge in [-0.15, -0.1) is 0 Å². The Labute approximate surface area is 107 Å². The van der Waals surface area contributed by atoms with Crippen LogP contribution in [0.4, 0.5) is 5.69 Å². The molecule has 2 N–H and O–H groups in total. The van der Waals surface area contributed by atoms with Crippen LogP contribution in [0.15, 0.2) is 22.7 Å². The van der Waals surface area contributed by atoms with Crippen molar-refractivity contribution >= 4 is 37.7 Å². The average Bonchev–Trinajstić information content (AvgIpc) is 2.19. The van der Waals surface area contributed by atoms with E-state index in [0.29, 0.717) is 4.47 Å². The van der Waals surface area contributed by atoms with Crippen LogP contribution in [-0.4, -0.2) is 31.3 Å². The number of hydrogen-bond donors (Lipinski definition) is 1. The van der Waals surface area contributed by atoms with E-state index in [4.69, 9.17) is 5.73 Å². The van der Waals surface area contributed by atoms with E-state index in [2.05, 4.69) is 20.7 Å². The lowest BCUT2D eigenvalue weighted by molar-refractivity contribution is 0.0529. The number of halogens is 1. The third-order valence-corrected chi connectivity index (χ3v) is 2.96. The molecule has 0 fully saturated rings. The fraction of sp³-hybridized carbons (Fsp3) is 0.222. The standard InChI is InChI=1S/C9H10BrNO5S/c10-6-1-2-8(11)7(5-6)9(12)16-3-4-17(13,14)15/h1-2,5H,3-4,11H2,(H,13,14,15)/p-1. The minimum atomic E-state index is -4.39. The second-order valence-electron chi connectivity index (χ2n) is 3.13. The molecular weight excluding hydrogens is 314 g/mol. The van der Waals surface area contributed by atoms with E-state index >= 15 is 0 Å². The summed E-state index contributed by atoms with van der Waals surface area (Å²) in [6, 6.07) is 4.60. The van der Waals surface area contributed by atoms with Crippen molar-refractivity contribution in [2.75, 3.05) is 18.1 Å². The van der Waals surface area contributed by atoms with Crippen molar-refractivity contribution in [1.29, 1.82) is 0 Å². The van der Waals surface area contributed by atoms with Crippen LogP contribution in [0, 0.1) is 0 Å². The maximum absolute atomic E-state index is 11.5. The van der Waals surface area contributed by atoms with Gasteiger partial charge in [-0.3, -0.25) is 0 Å². The second kappa shape index (κ2) is 5.48. The Morgan fingerprint density at radius 1 is 1.47 bits per heavy atom. The Balaban J connectivity index is 2.67. The number of esters is 1. The number of benzene rings is 1. The smallest absolute Gasteiger partial charge is 0.340 e. The maximum Gasteiger partial charge on any atom is 0.340 e. The summed E-state index contributed by atoms with van der Waals surface area (Å²) < 4.78 is 36.1. The molecule has 0 bridgehead atoms. The third-order valence-electron chi connectivity index (χ3n) is 1.80. The van der Waals surface area contributed by atoms with Gasteiger partial charge >= 0.3 is 5.97 Å². The molecule has 0 aliphatic rings. The van der Waals surface area contributed by atoms with Crippen LogP contribution in [0.3, 0.4) is 0 Å². The number of rotatable bonds is 4. The molecule has 0 unspecified atom stereocenters. The zero-order valence-electron chi connectivity index (χ0n) is 8.55. The first kappa shape index (κ1) is 13.9. The fourth-order valence-electron chi connectivity index (χ4n) is 1.02. The van der Waals surface area contributed by atoms with Gasteiger partial charge in [0.05, 0.1) is 21.4 Å². The quantitative estimate of drug-likeness (QED) is 0.497. The van der Waals surface area contributed by atoms with Crippen molar-refractivity contribution < 1.29 is 22.5 Å². The van der Waals surface area contributed by atoms with Crippen LogP contribution in [0.1, 0.15) is 10.4 Å². The number of anilines is 1. The van der Waals surface area contributed by atoms with Gasteiger partial charge in [-0.25, -0.2) is 13.2 Å². The van der Waals surface area contributed by atoms with E-state index < -0.39 is 28.4 Å². The molecule has 0 heterocycles. The Bertz CT molecular complexity index is 528. The average molecular weight is 323 g/mol. The molecule has 0 amide bonds. The molecule has 0 saturated heterocycles. The highest BCUT2D eigenvalue weighted by Crippen LogP contribution is 2.19.